The Kier molecular flexibility index (Phi) is 6.35. The number of hydrogen-bond donors (Lipinski definition) is 1. The molecule has 0 amide bonds. The normalized spacial score (nSPS) is 11.7. The fourth-order valence-corrected chi connectivity index (χ4v) is 3.81. The SMILES string of the molecule is CCCCCCCCS(=O)(=O)c1cc(N)ccc1C. The number of aryl methyl sites for hydroxylation is 1. The van der Waals surface area contributed by atoms with Crippen molar-refractivity contribution >= 4 is 15.5 Å². The molecule has 0 fully saturated rings. The van der Waals surface area contributed by atoms with E-state index in [4.69, 9.17) is 5.73 Å². The van der Waals surface area contributed by atoms with E-state index in [1.807, 2.05) is 6.92 Å². The minimum atomic E-state index is -3.19. The molecule has 0 aliphatic heterocycles. The number of unbranched alkanes of at least 4 members (excludes halogenated alkanes) is 5. The zero-order valence-corrected chi connectivity index (χ0v) is 12.8. The van der Waals surface area contributed by atoms with Gasteiger partial charge in [-0.25, -0.2) is 8.42 Å². The van der Waals surface area contributed by atoms with E-state index in [0.29, 0.717) is 10.6 Å². The second kappa shape index (κ2) is 7.53. The van der Waals surface area contributed by atoms with Crippen molar-refractivity contribution in [3.63, 3.8) is 0 Å². The lowest BCUT2D eigenvalue weighted by molar-refractivity contribution is 0.583. The summed E-state index contributed by atoms with van der Waals surface area (Å²) in [4.78, 5) is 0.390. The van der Waals surface area contributed by atoms with E-state index in [1.54, 1.807) is 18.2 Å². The molecule has 0 unspecified atom stereocenters. The highest BCUT2D eigenvalue weighted by Gasteiger charge is 2.16. The summed E-state index contributed by atoms with van der Waals surface area (Å²) < 4.78 is 24.5. The van der Waals surface area contributed by atoms with Gasteiger partial charge in [-0.15, -0.1) is 0 Å². The zero-order chi connectivity index (χ0) is 14.3. The first-order valence-corrected chi connectivity index (χ1v) is 8.71. The molecule has 0 aliphatic rings. The van der Waals surface area contributed by atoms with Crippen LogP contribution in [0.3, 0.4) is 0 Å². The molecule has 19 heavy (non-hydrogen) atoms. The van der Waals surface area contributed by atoms with Crippen LogP contribution in [0.15, 0.2) is 23.1 Å². The molecule has 2 N–H and O–H groups in total. The van der Waals surface area contributed by atoms with E-state index >= 15 is 0 Å². The van der Waals surface area contributed by atoms with Gasteiger partial charge in [-0.1, -0.05) is 45.1 Å². The lowest BCUT2D eigenvalue weighted by Gasteiger charge is -2.08. The van der Waals surface area contributed by atoms with Crippen LogP contribution in [0.2, 0.25) is 0 Å². The smallest absolute Gasteiger partial charge is 0.178 e. The number of anilines is 1. The van der Waals surface area contributed by atoms with Crippen molar-refractivity contribution in [3.05, 3.63) is 23.8 Å². The topological polar surface area (TPSA) is 60.2 Å². The summed E-state index contributed by atoms with van der Waals surface area (Å²) in [5, 5.41) is 0. The van der Waals surface area contributed by atoms with Crippen molar-refractivity contribution in [2.75, 3.05) is 11.5 Å². The van der Waals surface area contributed by atoms with Crippen LogP contribution in [-0.4, -0.2) is 14.2 Å². The molecule has 0 saturated heterocycles. The van der Waals surface area contributed by atoms with Gasteiger partial charge in [0.05, 0.1) is 10.6 Å². The number of sulfone groups is 1. The van der Waals surface area contributed by atoms with E-state index in [2.05, 4.69) is 6.92 Å². The van der Waals surface area contributed by atoms with Crippen LogP contribution in [0.25, 0.3) is 0 Å². The average molecular weight is 283 g/mol. The predicted octanol–water partition coefficient (Wildman–Crippen LogP) is 3.71. The van der Waals surface area contributed by atoms with Crippen LogP contribution in [0.1, 0.15) is 51.0 Å². The highest BCUT2D eigenvalue weighted by atomic mass is 32.2. The lowest BCUT2D eigenvalue weighted by atomic mass is 10.1. The van der Waals surface area contributed by atoms with Crippen molar-refractivity contribution in [3.8, 4) is 0 Å². The monoisotopic (exact) mass is 283 g/mol. The molecule has 0 atom stereocenters. The first-order valence-electron chi connectivity index (χ1n) is 7.06. The number of nitrogens with two attached hydrogens (primary N) is 1. The Hall–Kier alpha value is -1.03. The molecule has 108 valence electrons. The molecular formula is C15H25NO2S. The summed E-state index contributed by atoms with van der Waals surface area (Å²) in [6.45, 7) is 3.99. The zero-order valence-electron chi connectivity index (χ0n) is 12.0. The Morgan fingerprint density at radius 3 is 2.37 bits per heavy atom. The molecule has 0 heterocycles. The Balaban J connectivity index is 2.54. The van der Waals surface area contributed by atoms with Crippen LogP contribution in [0.5, 0.6) is 0 Å². The van der Waals surface area contributed by atoms with Gasteiger partial charge in [0.15, 0.2) is 9.84 Å². The second-order valence-electron chi connectivity index (χ2n) is 5.11. The van der Waals surface area contributed by atoms with Gasteiger partial charge in [-0.2, -0.15) is 0 Å². The highest BCUT2D eigenvalue weighted by Crippen LogP contribution is 2.21. The molecule has 0 spiro atoms. The first kappa shape index (κ1) is 16.0. The average Bonchev–Trinajstić information content (AvgIpc) is 2.36. The van der Waals surface area contributed by atoms with E-state index in [0.717, 1.165) is 24.8 Å². The quantitative estimate of drug-likeness (QED) is 0.584. The number of hydrogen-bond acceptors (Lipinski definition) is 3. The summed E-state index contributed by atoms with van der Waals surface area (Å²) in [6.07, 6.45) is 6.50. The minimum absolute atomic E-state index is 0.226. The number of benzene rings is 1. The van der Waals surface area contributed by atoms with Crippen LogP contribution >= 0.6 is 0 Å². The molecule has 4 heteroatoms. The number of nitrogen functional groups attached to an aromatic ring is 1. The maximum absolute atomic E-state index is 12.2. The fraction of sp³-hybridized carbons (Fsp3) is 0.600. The van der Waals surface area contributed by atoms with Crippen molar-refractivity contribution < 1.29 is 8.42 Å². The van der Waals surface area contributed by atoms with Crippen LogP contribution in [0, 0.1) is 6.92 Å². The van der Waals surface area contributed by atoms with Gasteiger partial charge in [0.1, 0.15) is 0 Å². The maximum Gasteiger partial charge on any atom is 0.178 e. The third kappa shape index (κ3) is 5.23. The highest BCUT2D eigenvalue weighted by molar-refractivity contribution is 7.91. The van der Waals surface area contributed by atoms with E-state index in [-0.39, 0.29) is 5.75 Å². The van der Waals surface area contributed by atoms with E-state index in [1.165, 1.54) is 19.3 Å². The molecule has 1 aromatic carbocycles. The Bertz CT molecular complexity index is 495. The molecular weight excluding hydrogens is 258 g/mol. The largest absolute Gasteiger partial charge is 0.399 e. The van der Waals surface area contributed by atoms with Crippen molar-refractivity contribution in [1.82, 2.24) is 0 Å². The molecule has 0 radical (unpaired) electrons. The molecule has 0 aromatic heterocycles. The summed E-state index contributed by atoms with van der Waals surface area (Å²) in [6, 6.07) is 5.07. The minimum Gasteiger partial charge on any atom is -0.399 e. The predicted molar refractivity (Wildman–Crippen MR) is 81.0 cm³/mol. The Labute approximate surface area is 117 Å². The fourth-order valence-electron chi connectivity index (χ4n) is 2.13. The summed E-state index contributed by atoms with van der Waals surface area (Å²) in [5.74, 6) is 0.226. The summed E-state index contributed by atoms with van der Waals surface area (Å²) in [7, 11) is -3.19. The van der Waals surface area contributed by atoms with E-state index in [9.17, 15) is 8.42 Å². The van der Waals surface area contributed by atoms with Gasteiger partial charge in [0.2, 0.25) is 0 Å². The van der Waals surface area contributed by atoms with Crippen molar-refractivity contribution in [2.24, 2.45) is 0 Å². The lowest BCUT2D eigenvalue weighted by Crippen LogP contribution is -2.09. The van der Waals surface area contributed by atoms with Gasteiger partial charge >= 0.3 is 0 Å². The number of rotatable bonds is 8. The Morgan fingerprint density at radius 2 is 1.68 bits per heavy atom. The van der Waals surface area contributed by atoms with Gasteiger partial charge in [-0.3, -0.25) is 0 Å². The summed E-state index contributed by atoms with van der Waals surface area (Å²) >= 11 is 0. The van der Waals surface area contributed by atoms with E-state index < -0.39 is 9.84 Å². The third-order valence-electron chi connectivity index (χ3n) is 3.31. The molecule has 1 rings (SSSR count). The van der Waals surface area contributed by atoms with Gasteiger partial charge in [0.25, 0.3) is 0 Å². The van der Waals surface area contributed by atoms with Crippen LogP contribution in [0.4, 0.5) is 5.69 Å². The van der Waals surface area contributed by atoms with Gasteiger partial charge in [0, 0.05) is 5.69 Å². The van der Waals surface area contributed by atoms with Gasteiger partial charge in [-0.05, 0) is 31.0 Å². The molecule has 0 bridgehead atoms. The second-order valence-corrected chi connectivity index (χ2v) is 7.19. The third-order valence-corrected chi connectivity index (χ3v) is 5.25. The maximum atomic E-state index is 12.2. The molecule has 0 aliphatic carbocycles. The molecule has 0 saturated carbocycles. The summed E-state index contributed by atoms with van der Waals surface area (Å²) in [5.41, 5.74) is 6.95. The Morgan fingerprint density at radius 1 is 1.05 bits per heavy atom. The van der Waals surface area contributed by atoms with Crippen LogP contribution in [-0.2, 0) is 9.84 Å². The van der Waals surface area contributed by atoms with Crippen LogP contribution < -0.4 is 5.73 Å². The first-order chi connectivity index (χ1) is 8.97. The molecule has 3 nitrogen and oxygen atoms in total. The van der Waals surface area contributed by atoms with Crippen molar-refractivity contribution in [1.29, 1.82) is 0 Å². The van der Waals surface area contributed by atoms with Gasteiger partial charge < -0.3 is 5.73 Å². The standard InChI is InChI=1S/C15H25NO2S/c1-3-4-5-6-7-8-11-19(17,18)15-12-14(16)10-9-13(15)2/h9-10,12H,3-8,11,16H2,1-2H3. The van der Waals surface area contributed by atoms with Crippen molar-refractivity contribution in [2.45, 2.75) is 57.3 Å². The molecule has 1 aromatic rings.